The van der Waals surface area contributed by atoms with Crippen molar-refractivity contribution >= 4 is 11.4 Å². The first-order valence-electron chi connectivity index (χ1n) is 4.76. The first-order valence-corrected chi connectivity index (χ1v) is 4.76. The molecule has 0 aromatic heterocycles. The molecule has 2 N–H and O–H groups in total. The molecule has 0 saturated heterocycles. The summed E-state index contributed by atoms with van der Waals surface area (Å²) in [4.78, 5) is 0. The summed E-state index contributed by atoms with van der Waals surface area (Å²) < 4.78 is 4.71. The molecule has 1 aromatic carbocycles. The highest BCUT2D eigenvalue weighted by molar-refractivity contribution is 5.81. The highest BCUT2D eigenvalue weighted by Crippen LogP contribution is 2.48. The Morgan fingerprint density at radius 3 is 1.59 bits per heavy atom. The average molecular weight is 242 g/mol. The normalized spacial score (nSPS) is 10.2. The lowest BCUT2D eigenvalue weighted by molar-refractivity contribution is -0.282. The Bertz CT molecular complexity index is 396. The van der Waals surface area contributed by atoms with Gasteiger partial charge in [0.1, 0.15) is 5.75 Å². The van der Waals surface area contributed by atoms with Gasteiger partial charge in [-0.05, 0) is 24.0 Å². The summed E-state index contributed by atoms with van der Waals surface area (Å²) in [5.41, 5.74) is -0.0505. The minimum atomic E-state index is -0.717. The van der Waals surface area contributed by atoms with Crippen LogP contribution in [0.4, 0.5) is 11.4 Å². The standard InChI is InChI=1S/C10H16N2O5/c1-5-6(11(2)15)8(13)10(17-4)9(14)7(5)12(3)16/h13-16H,1-4H3/p-2. The monoisotopic (exact) mass is 242 g/mol. The van der Waals surface area contributed by atoms with Crippen molar-refractivity contribution in [1.29, 1.82) is 0 Å². The molecule has 0 radical (unpaired) electrons. The minimum absolute atomic E-state index is 0.114. The highest BCUT2D eigenvalue weighted by Gasteiger charge is 2.16. The molecule has 1 rings (SSSR count). The van der Waals surface area contributed by atoms with E-state index in [4.69, 9.17) is 4.74 Å². The Morgan fingerprint density at radius 1 is 1.00 bits per heavy atom. The van der Waals surface area contributed by atoms with Gasteiger partial charge in [0, 0.05) is 14.1 Å². The van der Waals surface area contributed by atoms with Crippen LogP contribution in [-0.4, -0.2) is 31.6 Å². The second-order valence-electron chi connectivity index (χ2n) is 3.56. The summed E-state index contributed by atoms with van der Waals surface area (Å²) in [7, 11) is 3.67. The molecule has 0 unspecified atom stereocenters. The van der Waals surface area contributed by atoms with Gasteiger partial charge in [-0.25, -0.2) is 0 Å². The van der Waals surface area contributed by atoms with Crippen LogP contribution in [0.1, 0.15) is 5.56 Å². The van der Waals surface area contributed by atoms with Crippen LogP contribution in [0.15, 0.2) is 0 Å². The topological polar surface area (TPSA) is 102 Å². The van der Waals surface area contributed by atoms with Crippen LogP contribution in [0.3, 0.4) is 0 Å². The Labute approximate surface area is 98.6 Å². The molecule has 0 aliphatic carbocycles. The number of nitrogens with zero attached hydrogens (tertiary/aromatic N) is 2. The van der Waals surface area contributed by atoms with Crippen molar-refractivity contribution in [1.82, 2.24) is 0 Å². The Hall–Kier alpha value is -1.86. The summed E-state index contributed by atoms with van der Waals surface area (Å²) >= 11 is 0. The van der Waals surface area contributed by atoms with E-state index in [0.29, 0.717) is 10.1 Å². The van der Waals surface area contributed by atoms with Crippen LogP contribution in [0.25, 0.3) is 0 Å². The third-order valence-electron chi connectivity index (χ3n) is 2.40. The molecule has 0 bridgehead atoms. The Morgan fingerprint density at radius 2 is 1.35 bits per heavy atom. The predicted molar refractivity (Wildman–Crippen MR) is 57.0 cm³/mol. The van der Waals surface area contributed by atoms with Gasteiger partial charge in [0.25, 0.3) is 0 Å². The zero-order chi connectivity index (χ0) is 13.3. The van der Waals surface area contributed by atoms with Crippen LogP contribution in [0.5, 0.6) is 17.2 Å². The second-order valence-corrected chi connectivity index (χ2v) is 3.56. The fourth-order valence-electron chi connectivity index (χ4n) is 1.74. The van der Waals surface area contributed by atoms with E-state index in [1.807, 2.05) is 0 Å². The van der Waals surface area contributed by atoms with E-state index >= 15 is 0 Å². The SMILES string of the molecule is COc1c([O-])c(N(C)O)c(C)c(N(C)O)c1[O-]. The molecule has 0 atom stereocenters. The van der Waals surface area contributed by atoms with E-state index in [2.05, 4.69) is 0 Å². The number of hydroxylamine groups is 2. The van der Waals surface area contributed by atoms with E-state index in [1.165, 1.54) is 28.1 Å². The van der Waals surface area contributed by atoms with E-state index < -0.39 is 17.2 Å². The van der Waals surface area contributed by atoms with Crippen molar-refractivity contribution in [2.75, 3.05) is 31.3 Å². The molecule has 0 fully saturated rings. The van der Waals surface area contributed by atoms with Gasteiger partial charge in [-0.2, -0.15) is 0 Å². The first kappa shape index (κ1) is 13.2. The van der Waals surface area contributed by atoms with Gasteiger partial charge in [-0.15, -0.1) is 0 Å². The lowest BCUT2D eigenvalue weighted by atomic mass is 10.1. The fraction of sp³-hybridized carbons (Fsp3) is 0.400. The van der Waals surface area contributed by atoms with Crippen LogP contribution in [0, 0.1) is 6.92 Å². The lowest BCUT2D eigenvalue weighted by Crippen LogP contribution is -2.20. The number of hydrogen-bond acceptors (Lipinski definition) is 7. The maximum atomic E-state index is 11.8. The maximum Gasteiger partial charge on any atom is 0.107 e. The molecule has 1 aromatic rings. The summed E-state index contributed by atoms with van der Waals surface area (Å²) in [6.07, 6.45) is 0. The molecule has 7 heteroatoms. The van der Waals surface area contributed by atoms with Crippen molar-refractivity contribution in [3.63, 3.8) is 0 Å². The molecular weight excluding hydrogens is 228 g/mol. The molecule has 0 aliphatic heterocycles. The smallest absolute Gasteiger partial charge is 0.107 e. The number of methoxy groups -OCH3 is 1. The van der Waals surface area contributed by atoms with Crippen molar-refractivity contribution < 1.29 is 25.4 Å². The molecular formula is C10H14N2O5-2. The largest absolute Gasteiger partial charge is 0.869 e. The first-order chi connectivity index (χ1) is 7.82. The van der Waals surface area contributed by atoms with Gasteiger partial charge in [-0.1, -0.05) is 0 Å². The molecule has 0 spiro atoms. The minimum Gasteiger partial charge on any atom is -0.869 e. The number of rotatable bonds is 3. The van der Waals surface area contributed by atoms with Gasteiger partial charge in [0.05, 0.1) is 18.5 Å². The fourth-order valence-corrected chi connectivity index (χ4v) is 1.74. The quantitative estimate of drug-likeness (QED) is 0.707. The lowest BCUT2D eigenvalue weighted by Gasteiger charge is -2.32. The molecule has 7 nitrogen and oxygen atoms in total. The molecule has 0 aliphatic rings. The van der Waals surface area contributed by atoms with Gasteiger partial charge in [0.2, 0.25) is 0 Å². The zero-order valence-electron chi connectivity index (χ0n) is 10.0. The average Bonchev–Trinajstić information content (AvgIpc) is 2.16. The van der Waals surface area contributed by atoms with Gasteiger partial charge in [-0.3, -0.25) is 20.5 Å². The Balaban J connectivity index is 3.69. The summed E-state index contributed by atoms with van der Waals surface area (Å²) in [5.74, 6) is -1.88. The third-order valence-corrected chi connectivity index (χ3v) is 2.40. The van der Waals surface area contributed by atoms with Crippen molar-refractivity contribution in [3.8, 4) is 17.2 Å². The number of benzene rings is 1. The van der Waals surface area contributed by atoms with Gasteiger partial charge >= 0.3 is 0 Å². The molecule has 17 heavy (non-hydrogen) atoms. The number of hydrogen-bond donors (Lipinski definition) is 2. The summed E-state index contributed by atoms with van der Waals surface area (Å²) in [6.45, 7) is 1.45. The van der Waals surface area contributed by atoms with E-state index in [0.717, 1.165) is 0 Å². The van der Waals surface area contributed by atoms with Crippen molar-refractivity contribution in [2.45, 2.75) is 6.92 Å². The van der Waals surface area contributed by atoms with E-state index in [9.17, 15) is 20.6 Å². The van der Waals surface area contributed by atoms with Crippen LogP contribution >= 0.6 is 0 Å². The molecule has 0 amide bonds. The zero-order valence-corrected chi connectivity index (χ0v) is 10.0. The van der Waals surface area contributed by atoms with Crippen molar-refractivity contribution in [3.05, 3.63) is 5.56 Å². The predicted octanol–water partition coefficient (Wildman–Crippen LogP) is -0.198. The number of ether oxygens (including phenoxy) is 1. The molecule has 96 valence electrons. The second kappa shape index (κ2) is 4.56. The summed E-state index contributed by atoms with van der Waals surface area (Å²) in [5, 5.41) is 43.6. The number of anilines is 2. The van der Waals surface area contributed by atoms with E-state index in [1.54, 1.807) is 0 Å². The van der Waals surface area contributed by atoms with Gasteiger partial charge in [0.15, 0.2) is 0 Å². The van der Waals surface area contributed by atoms with E-state index in [-0.39, 0.29) is 16.9 Å². The third kappa shape index (κ3) is 2.02. The molecule has 0 saturated carbocycles. The van der Waals surface area contributed by atoms with Crippen molar-refractivity contribution in [2.24, 2.45) is 0 Å². The van der Waals surface area contributed by atoms with Crippen LogP contribution < -0.4 is 25.1 Å². The Kier molecular flexibility index (Phi) is 3.54. The molecule has 0 heterocycles. The highest BCUT2D eigenvalue weighted by atomic mass is 16.5. The summed E-state index contributed by atoms with van der Waals surface area (Å²) in [6, 6.07) is 0. The van der Waals surface area contributed by atoms with Crippen LogP contribution in [-0.2, 0) is 0 Å². The maximum absolute atomic E-state index is 11.8. The van der Waals surface area contributed by atoms with Crippen LogP contribution in [0.2, 0.25) is 0 Å². The van der Waals surface area contributed by atoms with Gasteiger partial charge < -0.3 is 14.9 Å².